The quantitative estimate of drug-likeness (QED) is 0.0600. The molecule has 1 unspecified atom stereocenters. The van der Waals surface area contributed by atoms with Gasteiger partial charge in [0, 0.05) is 88.0 Å². The van der Waals surface area contributed by atoms with E-state index in [4.69, 9.17) is 23.2 Å². The Hall–Kier alpha value is -6.44. The number of piperidine rings is 2. The van der Waals surface area contributed by atoms with Gasteiger partial charge in [-0.15, -0.1) is 0 Å². The third kappa shape index (κ3) is 11.9. The molecule has 0 bridgehead atoms. The van der Waals surface area contributed by atoms with Crippen LogP contribution in [0.5, 0.6) is 0 Å². The molecule has 3 aliphatic heterocycles. The van der Waals surface area contributed by atoms with Crippen molar-refractivity contribution in [2.24, 2.45) is 17.3 Å². The predicted molar refractivity (Wildman–Crippen MR) is 283 cm³/mol. The molecule has 8 rings (SSSR count). The third-order valence-corrected chi connectivity index (χ3v) is 14.9. The van der Waals surface area contributed by atoms with Gasteiger partial charge in [0.2, 0.25) is 17.7 Å². The highest BCUT2D eigenvalue weighted by atomic mass is 35.5. The minimum Gasteiger partial charge on any atom is -0.379 e. The molecule has 3 aliphatic rings. The Balaban J connectivity index is 0.853. The second-order valence-electron chi connectivity index (χ2n) is 20.7. The van der Waals surface area contributed by atoms with Gasteiger partial charge in [0.1, 0.15) is 6.04 Å². The van der Waals surface area contributed by atoms with Gasteiger partial charge in [-0.05, 0) is 122 Å². The third-order valence-electron chi connectivity index (χ3n) is 14.5. The fourth-order valence-corrected chi connectivity index (χ4v) is 11.0. The number of benzene rings is 4. The molecule has 72 heavy (non-hydrogen) atoms. The lowest BCUT2D eigenvalue weighted by Gasteiger charge is -2.53. The van der Waals surface area contributed by atoms with Gasteiger partial charge in [0.15, 0.2) is 0 Å². The zero-order valence-corrected chi connectivity index (χ0v) is 43.4. The second kappa shape index (κ2) is 22.5. The van der Waals surface area contributed by atoms with E-state index in [1.165, 1.54) is 0 Å². The number of aromatic nitrogens is 2. The average Bonchev–Trinajstić information content (AvgIpc) is 3.94. The van der Waals surface area contributed by atoms with Crippen LogP contribution < -0.4 is 21.3 Å². The van der Waals surface area contributed by atoms with E-state index < -0.39 is 11.5 Å². The van der Waals surface area contributed by atoms with Crippen molar-refractivity contribution in [2.45, 2.75) is 123 Å². The SMILES string of the molecule is C=C1CCC(N2Cc3c(NCc4cn(CCCNC(=O)c5ccc(NC(=O)C[C@@]6(C)C[C@H](c7cccc(Cl)c7)[C@@H](c7ccc(Cl)cc7)N([C@H](CCC(C)C)C(C)C)C6=O)cc5)cn4)cccc3C2=O)C(=O)N1. The van der Waals surface area contributed by atoms with Crippen molar-refractivity contribution in [1.82, 2.24) is 30.0 Å². The van der Waals surface area contributed by atoms with Gasteiger partial charge in [-0.25, -0.2) is 4.98 Å². The summed E-state index contributed by atoms with van der Waals surface area (Å²) >= 11 is 13.0. The van der Waals surface area contributed by atoms with E-state index in [0.29, 0.717) is 90.3 Å². The summed E-state index contributed by atoms with van der Waals surface area (Å²) in [4.78, 5) is 76.7. The molecule has 5 aromatic rings. The number of rotatable bonds is 19. The molecule has 378 valence electrons. The highest BCUT2D eigenvalue weighted by molar-refractivity contribution is 6.30. The first-order chi connectivity index (χ1) is 34.5. The summed E-state index contributed by atoms with van der Waals surface area (Å²) in [7, 11) is 0. The minimum absolute atomic E-state index is 0.0329. The number of imidazole rings is 1. The van der Waals surface area contributed by atoms with Gasteiger partial charge in [-0.3, -0.25) is 24.0 Å². The van der Waals surface area contributed by atoms with Crippen molar-refractivity contribution in [1.29, 1.82) is 0 Å². The van der Waals surface area contributed by atoms with E-state index in [9.17, 15) is 19.2 Å². The Kier molecular flexibility index (Phi) is 16.3. The number of allylic oxidation sites excluding steroid dienone is 1. The standard InChI is InChI=1S/C57H66Cl2N8O5/c1-35(2)14-24-49(36(3)4)67-52(38-16-20-41(58)21-17-38)46(40-10-7-11-42(59)28-40)29-57(6,56(67)72)30-51(68)64-43-22-18-39(19-23-43)53(69)60-26-9-27-65-32-44(62-34-65)31-61-48-13-8-12-45-47(48)33-66(55(45)71)50-25-15-37(5)63-54(50)70/h7-8,10-13,16-23,28,32,34-36,46,49-50,52,61H,5,9,14-15,24-27,29-31,33H2,1-4,6H3,(H,60,69)(H,63,70)(H,64,68)/t46-,49-,50?,52-,57-/m1/s1. The summed E-state index contributed by atoms with van der Waals surface area (Å²) in [5.41, 5.74) is 5.72. The summed E-state index contributed by atoms with van der Waals surface area (Å²) in [6, 6.07) is 27.1. The normalized spacial score (nSPS) is 20.4. The molecule has 13 nitrogen and oxygen atoms in total. The largest absolute Gasteiger partial charge is 0.379 e. The fourth-order valence-electron chi connectivity index (χ4n) is 10.7. The molecule has 0 aliphatic carbocycles. The number of carbonyl (C=O) groups is 5. The van der Waals surface area contributed by atoms with Crippen LogP contribution in [0.15, 0.2) is 116 Å². The Morgan fingerprint density at radius 2 is 1.67 bits per heavy atom. The lowest BCUT2D eigenvalue weighted by molar-refractivity contribution is -0.158. The summed E-state index contributed by atoms with van der Waals surface area (Å²) < 4.78 is 1.97. The number of fused-ring (bicyclic) bond motifs is 1. The van der Waals surface area contributed by atoms with Gasteiger partial charge in [-0.1, -0.05) is 94.7 Å². The smallest absolute Gasteiger partial charge is 0.255 e. The summed E-state index contributed by atoms with van der Waals surface area (Å²) in [6.07, 6.45) is 7.74. The number of carbonyl (C=O) groups excluding carboxylic acids is 5. The summed E-state index contributed by atoms with van der Waals surface area (Å²) in [5.74, 6) is -0.466. The molecule has 1 aromatic heterocycles. The molecule has 4 heterocycles. The maximum absolute atomic E-state index is 15.2. The van der Waals surface area contributed by atoms with Crippen molar-refractivity contribution >= 4 is 64.1 Å². The van der Waals surface area contributed by atoms with E-state index in [2.05, 4.69) is 71.5 Å². The first-order valence-corrected chi connectivity index (χ1v) is 25.9. The van der Waals surface area contributed by atoms with Crippen molar-refractivity contribution in [3.63, 3.8) is 0 Å². The van der Waals surface area contributed by atoms with Gasteiger partial charge >= 0.3 is 0 Å². The van der Waals surface area contributed by atoms with Gasteiger partial charge in [0.05, 0.1) is 30.0 Å². The van der Waals surface area contributed by atoms with E-state index in [0.717, 1.165) is 40.9 Å². The molecule has 0 spiro atoms. The molecule has 0 saturated carbocycles. The Morgan fingerprint density at radius 3 is 2.38 bits per heavy atom. The van der Waals surface area contributed by atoms with Crippen molar-refractivity contribution in [2.75, 3.05) is 17.2 Å². The number of nitrogens with one attached hydrogen (secondary N) is 4. The predicted octanol–water partition coefficient (Wildman–Crippen LogP) is 10.9. The van der Waals surface area contributed by atoms with Crippen molar-refractivity contribution < 1.29 is 24.0 Å². The maximum atomic E-state index is 15.2. The molecule has 4 N–H and O–H groups in total. The summed E-state index contributed by atoms with van der Waals surface area (Å²) in [5, 5.41) is 13.5. The number of halogens is 2. The van der Waals surface area contributed by atoms with Crippen LogP contribution in [0.3, 0.4) is 0 Å². The second-order valence-corrected chi connectivity index (χ2v) is 21.6. The fraction of sp³-hybridized carbons (Fsp3) is 0.404. The van der Waals surface area contributed by atoms with E-state index >= 15 is 4.79 Å². The Morgan fingerprint density at radius 1 is 0.917 bits per heavy atom. The van der Waals surface area contributed by atoms with Crippen LogP contribution in [0.4, 0.5) is 11.4 Å². The molecule has 0 radical (unpaired) electrons. The van der Waals surface area contributed by atoms with Crippen LogP contribution in [-0.2, 0) is 34.0 Å². The molecule has 4 aromatic carbocycles. The van der Waals surface area contributed by atoms with Crippen LogP contribution >= 0.6 is 23.2 Å². The van der Waals surface area contributed by atoms with Crippen molar-refractivity contribution in [3.05, 3.63) is 159 Å². The number of nitrogens with zero attached hydrogens (tertiary/aromatic N) is 4. The summed E-state index contributed by atoms with van der Waals surface area (Å²) in [6.45, 7) is 16.4. The number of hydrogen-bond acceptors (Lipinski definition) is 7. The maximum Gasteiger partial charge on any atom is 0.255 e. The number of aryl methyl sites for hydroxylation is 1. The number of anilines is 2. The van der Waals surface area contributed by atoms with Gasteiger partial charge < -0.3 is 35.6 Å². The van der Waals surface area contributed by atoms with Crippen LogP contribution in [0, 0.1) is 17.3 Å². The molecular weight excluding hydrogens is 948 g/mol. The lowest BCUT2D eigenvalue weighted by Crippen LogP contribution is -2.57. The highest BCUT2D eigenvalue weighted by Crippen LogP contribution is 2.53. The zero-order valence-electron chi connectivity index (χ0n) is 41.9. The van der Waals surface area contributed by atoms with Gasteiger partial charge in [0.25, 0.3) is 11.8 Å². The van der Waals surface area contributed by atoms with E-state index in [1.807, 2.05) is 72.3 Å². The van der Waals surface area contributed by atoms with Crippen LogP contribution in [0.1, 0.15) is 135 Å². The first-order valence-electron chi connectivity index (χ1n) is 25.2. The number of amides is 5. The topological polar surface area (TPSA) is 158 Å². The molecule has 5 amide bonds. The van der Waals surface area contributed by atoms with Crippen LogP contribution in [0.25, 0.3) is 0 Å². The monoisotopic (exact) mass is 1010 g/mol. The number of likely N-dealkylation sites (tertiary alicyclic amines) is 1. The lowest BCUT2D eigenvalue weighted by atomic mass is 9.66. The van der Waals surface area contributed by atoms with Gasteiger partial charge in [-0.2, -0.15) is 0 Å². The Labute approximate surface area is 433 Å². The molecule has 2 saturated heterocycles. The van der Waals surface area contributed by atoms with Crippen LogP contribution in [0.2, 0.25) is 10.0 Å². The average molecular weight is 1010 g/mol. The van der Waals surface area contributed by atoms with Crippen LogP contribution in [-0.4, -0.2) is 67.5 Å². The van der Waals surface area contributed by atoms with E-state index in [-0.39, 0.29) is 59.9 Å². The first kappa shape index (κ1) is 51.9. The molecule has 15 heteroatoms. The zero-order chi connectivity index (χ0) is 51.3. The van der Waals surface area contributed by atoms with E-state index in [1.54, 1.807) is 41.6 Å². The highest BCUT2D eigenvalue weighted by Gasteiger charge is 2.53. The minimum atomic E-state index is -1.04. The molecule has 5 atom stereocenters. The van der Waals surface area contributed by atoms with Crippen molar-refractivity contribution in [3.8, 4) is 0 Å². The molecule has 2 fully saturated rings. The Bertz CT molecular complexity index is 2810. The molecular formula is C57H66Cl2N8O5. The number of hydrogen-bond donors (Lipinski definition) is 4.